The number of hydrogen-bond acceptors (Lipinski definition) is 7. The van der Waals surface area contributed by atoms with E-state index in [1.54, 1.807) is 12.1 Å². The van der Waals surface area contributed by atoms with Gasteiger partial charge in [-0.25, -0.2) is 0 Å². The molecule has 0 aliphatic heterocycles. The lowest BCUT2D eigenvalue weighted by Gasteiger charge is -2.12. The molecule has 0 saturated carbocycles. The Bertz CT molecular complexity index is 479. The van der Waals surface area contributed by atoms with Crippen molar-refractivity contribution in [2.45, 2.75) is 81.8 Å². The van der Waals surface area contributed by atoms with Crippen molar-refractivity contribution in [1.82, 2.24) is 0 Å². The topological polar surface area (TPSA) is 75.6 Å². The van der Waals surface area contributed by atoms with Crippen molar-refractivity contribution in [2.75, 3.05) is 0 Å². The van der Waals surface area contributed by atoms with E-state index >= 15 is 0 Å². The van der Waals surface area contributed by atoms with Gasteiger partial charge in [0.2, 0.25) is 0 Å². The monoisotopic (exact) mass is 528 g/mol. The zero-order chi connectivity index (χ0) is 20.6. The summed E-state index contributed by atoms with van der Waals surface area (Å²) < 4.78 is 0. The number of rotatable bonds is 17. The van der Waals surface area contributed by atoms with Crippen molar-refractivity contribution in [3.63, 3.8) is 0 Å². The van der Waals surface area contributed by atoms with Crippen LogP contribution in [0.15, 0.2) is 18.2 Å². The number of alkyl halides is 2. The van der Waals surface area contributed by atoms with E-state index in [1.165, 1.54) is 6.07 Å². The van der Waals surface area contributed by atoms with Crippen LogP contribution in [0.5, 0.6) is 11.5 Å². The predicted molar refractivity (Wildman–Crippen MR) is 112 cm³/mol. The van der Waals surface area contributed by atoms with Gasteiger partial charge in [0.15, 0.2) is 21.5 Å². The molecule has 0 amide bonds. The fourth-order valence-corrected chi connectivity index (χ4v) is 3.00. The minimum atomic E-state index is -0.268. The lowest BCUT2D eigenvalue weighted by molar-refractivity contribution is -0.473. The summed E-state index contributed by atoms with van der Waals surface area (Å²) in [5, 5.41) is 18.5. The highest BCUT2D eigenvalue weighted by Crippen LogP contribution is 2.25. The van der Waals surface area contributed by atoms with Gasteiger partial charge in [-0.2, -0.15) is 9.78 Å². The molecule has 7 nitrogen and oxygen atoms in total. The highest BCUT2D eigenvalue weighted by atomic mass is 79.9. The van der Waals surface area contributed by atoms with E-state index < -0.39 is 0 Å². The second-order valence-corrected chi connectivity index (χ2v) is 8.32. The Morgan fingerprint density at radius 1 is 0.786 bits per heavy atom. The van der Waals surface area contributed by atoms with Crippen molar-refractivity contribution in [3.05, 3.63) is 23.8 Å². The summed E-state index contributed by atoms with van der Waals surface area (Å²) in [4.78, 5) is 20.4. The van der Waals surface area contributed by atoms with Crippen molar-refractivity contribution in [2.24, 2.45) is 0 Å². The number of halogens is 2. The first-order chi connectivity index (χ1) is 13.6. The van der Waals surface area contributed by atoms with Crippen LogP contribution in [0.2, 0.25) is 0 Å². The van der Waals surface area contributed by atoms with E-state index in [-0.39, 0.29) is 28.1 Å². The van der Waals surface area contributed by atoms with Gasteiger partial charge in [0, 0.05) is 6.07 Å². The van der Waals surface area contributed by atoms with Crippen LogP contribution in [0, 0.1) is 0 Å². The van der Waals surface area contributed by atoms with E-state index in [2.05, 4.69) is 45.7 Å². The SMILES string of the molecule is CCCCCC(Br)OOOc1cc(CO)cc(OOOC(Br)CCCCC)c1. The first-order valence-electron chi connectivity index (χ1n) is 9.62. The first-order valence-corrected chi connectivity index (χ1v) is 11.4. The molecule has 0 saturated heterocycles. The fraction of sp³-hybridized carbons (Fsp3) is 0.684. The lowest BCUT2D eigenvalue weighted by Crippen LogP contribution is -2.09. The number of benzene rings is 1. The summed E-state index contributed by atoms with van der Waals surface area (Å²) in [5.74, 6) is 0.577. The van der Waals surface area contributed by atoms with E-state index in [0.717, 1.165) is 51.4 Å². The maximum absolute atomic E-state index is 9.38. The predicted octanol–water partition coefficient (Wildman–Crippen LogP) is 6.27. The highest BCUT2D eigenvalue weighted by molar-refractivity contribution is 9.09. The second-order valence-electron chi connectivity index (χ2n) is 6.28. The first kappa shape index (κ1) is 25.6. The van der Waals surface area contributed by atoms with Gasteiger partial charge in [0.25, 0.3) is 0 Å². The molecule has 1 aromatic carbocycles. The van der Waals surface area contributed by atoms with Crippen LogP contribution in [0.1, 0.15) is 70.8 Å². The van der Waals surface area contributed by atoms with Crippen LogP contribution in [0.25, 0.3) is 0 Å². The van der Waals surface area contributed by atoms with Gasteiger partial charge in [-0.3, -0.25) is 0 Å². The Hall–Kier alpha value is -0.420. The summed E-state index contributed by atoms with van der Waals surface area (Å²) in [5.41, 5.74) is 0.552. The molecule has 0 radical (unpaired) electrons. The van der Waals surface area contributed by atoms with Gasteiger partial charge in [-0.15, -0.1) is 0 Å². The smallest absolute Gasteiger partial charge is 0.172 e. The molecule has 0 heterocycles. The molecular weight excluding hydrogens is 500 g/mol. The molecule has 1 N–H and O–H groups in total. The van der Waals surface area contributed by atoms with E-state index in [9.17, 15) is 5.11 Å². The zero-order valence-electron chi connectivity index (χ0n) is 16.4. The van der Waals surface area contributed by atoms with Crippen LogP contribution in [-0.2, 0) is 26.5 Å². The Morgan fingerprint density at radius 2 is 1.25 bits per heavy atom. The Labute approximate surface area is 183 Å². The van der Waals surface area contributed by atoms with Crippen molar-refractivity contribution in [1.29, 1.82) is 0 Å². The molecular formula is C19H30Br2O7. The summed E-state index contributed by atoms with van der Waals surface area (Å²) >= 11 is 6.72. The third-order valence-electron chi connectivity index (χ3n) is 3.74. The number of aliphatic hydroxyl groups is 1. The third kappa shape index (κ3) is 12.2. The van der Waals surface area contributed by atoms with Gasteiger partial charge in [0.1, 0.15) is 0 Å². The lowest BCUT2D eigenvalue weighted by atomic mass is 10.2. The molecule has 2 unspecified atom stereocenters. The van der Waals surface area contributed by atoms with Crippen LogP contribution in [0.3, 0.4) is 0 Å². The molecule has 1 rings (SSSR count). The number of aliphatic hydroxyl groups excluding tert-OH is 1. The van der Waals surface area contributed by atoms with E-state index in [0.29, 0.717) is 5.56 Å². The van der Waals surface area contributed by atoms with Crippen LogP contribution in [0.4, 0.5) is 0 Å². The Balaban J connectivity index is 2.40. The molecule has 162 valence electrons. The summed E-state index contributed by atoms with van der Waals surface area (Å²) in [6, 6.07) is 4.71. The molecule has 0 aromatic heterocycles. The molecule has 0 aliphatic rings. The zero-order valence-corrected chi connectivity index (χ0v) is 19.6. The molecule has 0 spiro atoms. The summed E-state index contributed by atoms with van der Waals surface area (Å²) in [7, 11) is 0. The molecule has 0 bridgehead atoms. The van der Waals surface area contributed by atoms with Crippen LogP contribution < -0.4 is 9.78 Å². The van der Waals surface area contributed by atoms with Crippen LogP contribution in [-0.4, -0.2) is 15.1 Å². The van der Waals surface area contributed by atoms with Crippen LogP contribution >= 0.6 is 31.9 Å². The molecule has 0 fully saturated rings. The quantitative estimate of drug-likeness (QED) is 0.110. The highest BCUT2D eigenvalue weighted by Gasteiger charge is 2.10. The number of hydrogen-bond donors (Lipinski definition) is 1. The van der Waals surface area contributed by atoms with Crippen molar-refractivity contribution >= 4 is 31.9 Å². The molecule has 2 atom stereocenters. The maximum atomic E-state index is 9.38. The van der Waals surface area contributed by atoms with E-state index in [1.807, 2.05) is 0 Å². The van der Waals surface area contributed by atoms with Gasteiger partial charge in [-0.1, -0.05) is 71.4 Å². The third-order valence-corrected chi connectivity index (χ3v) is 4.96. The Morgan fingerprint density at radius 3 is 1.64 bits per heavy atom. The van der Waals surface area contributed by atoms with Gasteiger partial charge in [-0.05, 0) is 53.5 Å². The number of unbranched alkanes of at least 4 members (excludes halogenated alkanes) is 4. The normalized spacial score (nSPS) is 13.3. The average Bonchev–Trinajstić information content (AvgIpc) is 2.68. The summed E-state index contributed by atoms with van der Waals surface area (Å²) in [6.45, 7) is 4.07. The fourth-order valence-electron chi connectivity index (χ4n) is 2.23. The van der Waals surface area contributed by atoms with Crippen molar-refractivity contribution in [3.8, 4) is 11.5 Å². The minimum Gasteiger partial charge on any atom is -0.392 e. The Kier molecular flexibility index (Phi) is 15.0. The second kappa shape index (κ2) is 16.4. The van der Waals surface area contributed by atoms with Gasteiger partial charge in [0.05, 0.1) is 6.61 Å². The standard InChI is InChI=1S/C19H30Br2O7/c1-3-5-7-9-18(20)25-27-23-16-11-15(14-22)12-17(13-16)24-28-26-19(21)10-8-6-4-2/h11-13,18-19,22H,3-10,14H2,1-2H3. The van der Waals surface area contributed by atoms with E-state index in [4.69, 9.17) is 29.6 Å². The van der Waals surface area contributed by atoms with Gasteiger partial charge < -0.3 is 14.9 Å². The molecule has 0 aliphatic carbocycles. The largest absolute Gasteiger partial charge is 0.392 e. The minimum absolute atomic E-state index is 0.203. The summed E-state index contributed by atoms with van der Waals surface area (Å²) in [6.07, 6.45) is 8.18. The maximum Gasteiger partial charge on any atom is 0.172 e. The van der Waals surface area contributed by atoms with Gasteiger partial charge >= 0.3 is 0 Å². The molecule has 9 heteroatoms. The average molecular weight is 530 g/mol. The van der Waals surface area contributed by atoms with Crippen molar-refractivity contribution < 1.29 is 34.7 Å². The molecule has 1 aromatic rings. The molecule has 28 heavy (non-hydrogen) atoms.